The van der Waals surface area contributed by atoms with Gasteiger partial charge in [-0.25, -0.2) is 0 Å². The van der Waals surface area contributed by atoms with Crippen molar-refractivity contribution < 1.29 is 23.7 Å². The van der Waals surface area contributed by atoms with Gasteiger partial charge < -0.3 is 24.3 Å². The van der Waals surface area contributed by atoms with Gasteiger partial charge in [-0.3, -0.25) is 4.79 Å². The largest absolute Gasteiger partial charge is 0.496 e. The molecule has 1 N–H and O–H groups in total. The zero-order valence-electron chi connectivity index (χ0n) is 18.4. The fourth-order valence-corrected chi connectivity index (χ4v) is 3.25. The predicted octanol–water partition coefficient (Wildman–Crippen LogP) is 2.63. The first-order valence-electron chi connectivity index (χ1n) is 10.1. The standard InChI is InChI=1S/C23H23N5O5/c1-30-17-7-5-4-6-16(17)22-26-25-20-10-11-21(27-28(20)22)33-13-12-24-23(29)15-8-9-18(31-2)19(14-15)32-3/h4-11,14H,12-13H2,1-3H3,(H,24,29). The van der Waals surface area contributed by atoms with E-state index in [0.29, 0.717) is 40.2 Å². The van der Waals surface area contributed by atoms with E-state index in [2.05, 4.69) is 20.6 Å². The van der Waals surface area contributed by atoms with Crippen molar-refractivity contribution in [1.29, 1.82) is 0 Å². The van der Waals surface area contributed by atoms with Gasteiger partial charge in [0.15, 0.2) is 23.0 Å². The minimum Gasteiger partial charge on any atom is -0.496 e. The molecule has 10 nitrogen and oxygen atoms in total. The SMILES string of the molecule is COc1ccc(C(=O)NCCOc2ccc3nnc(-c4ccccc4OC)n3n2)cc1OC. The molecule has 0 aliphatic carbocycles. The number of hydrogen-bond donors (Lipinski definition) is 1. The Bertz CT molecular complexity index is 1270. The third kappa shape index (κ3) is 4.64. The van der Waals surface area contributed by atoms with E-state index < -0.39 is 0 Å². The summed E-state index contributed by atoms with van der Waals surface area (Å²) in [6, 6.07) is 15.9. The van der Waals surface area contributed by atoms with Crippen LogP contribution in [0, 0.1) is 0 Å². The number of nitrogens with one attached hydrogen (secondary N) is 1. The lowest BCUT2D eigenvalue weighted by molar-refractivity contribution is 0.0946. The Hall–Kier alpha value is -4.34. The van der Waals surface area contributed by atoms with E-state index in [9.17, 15) is 4.79 Å². The first kappa shape index (κ1) is 21.9. The summed E-state index contributed by atoms with van der Waals surface area (Å²) in [5, 5.41) is 15.7. The minimum atomic E-state index is -0.250. The lowest BCUT2D eigenvalue weighted by Crippen LogP contribution is -2.28. The molecule has 0 radical (unpaired) electrons. The van der Waals surface area contributed by atoms with E-state index >= 15 is 0 Å². The Morgan fingerprint density at radius 1 is 0.909 bits per heavy atom. The quantitative estimate of drug-likeness (QED) is 0.389. The van der Waals surface area contributed by atoms with Crippen LogP contribution in [0.25, 0.3) is 17.0 Å². The Morgan fingerprint density at radius 3 is 2.48 bits per heavy atom. The smallest absolute Gasteiger partial charge is 0.251 e. The number of amides is 1. The third-order valence-corrected chi connectivity index (χ3v) is 4.87. The summed E-state index contributed by atoms with van der Waals surface area (Å²) in [6.45, 7) is 0.512. The lowest BCUT2D eigenvalue weighted by atomic mass is 10.2. The molecule has 0 saturated heterocycles. The summed E-state index contributed by atoms with van der Waals surface area (Å²) in [7, 11) is 4.66. The molecule has 4 aromatic rings. The number of ether oxygens (including phenoxy) is 4. The molecular formula is C23H23N5O5. The van der Waals surface area contributed by atoms with E-state index in [-0.39, 0.29) is 19.1 Å². The number of aromatic nitrogens is 4. The predicted molar refractivity (Wildman–Crippen MR) is 120 cm³/mol. The molecule has 2 heterocycles. The van der Waals surface area contributed by atoms with Crippen molar-refractivity contribution in [3.05, 3.63) is 60.2 Å². The number of carbonyl (C=O) groups is 1. The maximum atomic E-state index is 12.4. The third-order valence-electron chi connectivity index (χ3n) is 4.87. The van der Waals surface area contributed by atoms with Gasteiger partial charge in [-0.1, -0.05) is 12.1 Å². The van der Waals surface area contributed by atoms with Crippen LogP contribution in [0.1, 0.15) is 10.4 Å². The van der Waals surface area contributed by atoms with Gasteiger partial charge in [-0.15, -0.1) is 15.3 Å². The van der Waals surface area contributed by atoms with Gasteiger partial charge in [0.05, 0.1) is 33.4 Å². The van der Waals surface area contributed by atoms with Crippen LogP contribution in [-0.4, -0.2) is 60.2 Å². The van der Waals surface area contributed by atoms with Gasteiger partial charge in [0.25, 0.3) is 5.91 Å². The topological polar surface area (TPSA) is 109 Å². The molecule has 33 heavy (non-hydrogen) atoms. The van der Waals surface area contributed by atoms with Crippen molar-refractivity contribution in [2.75, 3.05) is 34.5 Å². The van der Waals surface area contributed by atoms with Gasteiger partial charge >= 0.3 is 0 Å². The maximum absolute atomic E-state index is 12.4. The van der Waals surface area contributed by atoms with Crippen LogP contribution >= 0.6 is 0 Å². The zero-order chi connectivity index (χ0) is 23.2. The molecule has 0 atom stereocenters. The first-order chi connectivity index (χ1) is 16.1. The second-order valence-electron chi connectivity index (χ2n) is 6.84. The Kier molecular flexibility index (Phi) is 6.53. The molecule has 1 amide bonds. The van der Waals surface area contributed by atoms with E-state index in [4.69, 9.17) is 18.9 Å². The van der Waals surface area contributed by atoms with Crippen LogP contribution in [0.15, 0.2) is 54.6 Å². The number of nitrogens with zero attached hydrogens (tertiary/aromatic N) is 4. The average molecular weight is 449 g/mol. The fraction of sp³-hybridized carbons (Fsp3) is 0.217. The Labute approximate surface area is 190 Å². The van der Waals surface area contributed by atoms with Crippen LogP contribution in [0.4, 0.5) is 0 Å². The average Bonchev–Trinajstić information content (AvgIpc) is 3.29. The Balaban J connectivity index is 1.40. The maximum Gasteiger partial charge on any atom is 0.251 e. The molecular weight excluding hydrogens is 426 g/mol. The summed E-state index contributed by atoms with van der Waals surface area (Å²) in [6.07, 6.45) is 0. The van der Waals surface area contributed by atoms with Crippen molar-refractivity contribution in [2.24, 2.45) is 0 Å². The van der Waals surface area contributed by atoms with E-state index in [1.165, 1.54) is 7.11 Å². The van der Waals surface area contributed by atoms with Crippen LogP contribution in [0.5, 0.6) is 23.1 Å². The van der Waals surface area contributed by atoms with Crippen LogP contribution < -0.4 is 24.3 Å². The molecule has 0 saturated carbocycles. The number of fused-ring (bicyclic) bond motifs is 1. The van der Waals surface area contributed by atoms with Gasteiger partial charge in [0.1, 0.15) is 12.4 Å². The molecule has 0 fully saturated rings. The van der Waals surface area contributed by atoms with Gasteiger partial charge in [0, 0.05) is 11.6 Å². The molecule has 0 spiro atoms. The highest BCUT2D eigenvalue weighted by Gasteiger charge is 2.15. The second-order valence-corrected chi connectivity index (χ2v) is 6.84. The van der Waals surface area contributed by atoms with Crippen molar-refractivity contribution >= 4 is 11.6 Å². The highest BCUT2D eigenvalue weighted by atomic mass is 16.5. The van der Waals surface area contributed by atoms with Gasteiger partial charge in [0.2, 0.25) is 5.88 Å². The zero-order valence-corrected chi connectivity index (χ0v) is 18.4. The van der Waals surface area contributed by atoms with Gasteiger partial charge in [-0.05, 0) is 36.4 Å². The molecule has 0 aliphatic heterocycles. The number of methoxy groups -OCH3 is 3. The number of rotatable bonds is 9. The molecule has 2 aromatic carbocycles. The molecule has 0 bridgehead atoms. The van der Waals surface area contributed by atoms with Crippen LogP contribution in [0.2, 0.25) is 0 Å². The fourth-order valence-electron chi connectivity index (χ4n) is 3.25. The Morgan fingerprint density at radius 2 is 1.70 bits per heavy atom. The second kappa shape index (κ2) is 9.86. The highest BCUT2D eigenvalue weighted by Crippen LogP contribution is 2.29. The molecule has 4 rings (SSSR count). The monoisotopic (exact) mass is 449 g/mol. The number of benzene rings is 2. The van der Waals surface area contributed by atoms with Gasteiger partial charge in [-0.2, -0.15) is 4.52 Å². The van der Waals surface area contributed by atoms with Crippen molar-refractivity contribution in [1.82, 2.24) is 25.1 Å². The normalized spacial score (nSPS) is 10.6. The number of para-hydroxylation sites is 1. The molecule has 10 heteroatoms. The summed E-state index contributed by atoms with van der Waals surface area (Å²) in [5.41, 5.74) is 1.79. The molecule has 170 valence electrons. The summed E-state index contributed by atoms with van der Waals surface area (Å²) in [5.74, 6) is 2.37. The summed E-state index contributed by atoms with van der Waals surface area (Å²) in [4.78, 5) is 12.4. The lowest BCUT2D eigenvalue weighted by Gasteiger charge is -2.10. The van der Waals surface area contributed by atoms with Crippen molar-refractivity contribution in [3.8, 4) is 34.5 Å². The van der Waals surface area contributed by atoms with Crippen LogP contribution in [-0.2, 0) is 0 Å². The van der Waals surface area contributed by atoms with E-state index in [1.54, 1.807) is 49.1 Å². The van der Waals surface area contributed by atoms with E-state index in [0.717, 1.165) is 5.56 Å². The first-order valence-corrected chi connectivity index (χ1v) is 10.1. The van der Waals surface area contributed by atoms with E-state index in [1.807, 2.05) is 24.3 Å². The minimum absolute atomic E-state index is 0.226. The van der Waals surface area contributed by atoms with Crippen LogP contribution in [0.3, 0.4) is 0 Å². The molecule has 2 aromatic heterocycles. The summed E-state index contributed by atoms with van der Waals surface area (Å²) >= 11 is 0. The highest BCUT2D eigenvalue weighted by molar-refractivity contribution is 5.94. The number of carbonyl (C=O) groups excluding carboxylic acids is 1. The molecule has 0 unspecified atom stereocenters. The van der Waals surface area contributed by atoms with Crippen molar-refractivity contribution in [2.45, 2.75) is 0 Å². The summed E-state index contributed by atoms with van der Waals surface area (Å²) < 4.78 is 23.2. The van der Waals surface area contributed by atoms with Crippen molar-refractivity contribution in [3.63, 3.8) is 0 Å². The number of hydrogen-bond acceptors (Lipinski definition) is 8. The molecule has 0 aliphatic rings.